The van der Waals surface area contributed by atoms with Gasteiger partial charge in [-0.1, -0.05) is 12.1 Å². The third kappa shape index (κ3) is 2.71. The van der Waals surface area contributed by atoms with Gasteiger partial charge >= 0.3 is 0 Å². The van der Waals surface area contributed by atoms with E-state index in [-0.39, 0.29) is 5.91 Å². The second kappa shape index (κ2) is 5.51. The summed E-state index contributed by atoms with van der Waals surface area (Å²) in [5.41, 5.74) is -0.261. The number of nitriles is 1. The molecule has 1 aliphatic heterocycles. The van der Waals surface area contributed by atoms with Crippen LogP contribution in [0.1, 0.15) is 23.2 Å². The zero-order valence-corrected chi connectivity index (χ0v) is 11.4. The number of nitrogens with one attached hydrogen (secondary N) is 1. The minimum Gasteiger partial charge on any atom is -0.381 e. The number of benzene rings is 1. The SMILES string of the molecule is N#CC1(NC(=O)c2ccccc2Br)CCOCC1. The van der Waals surface area contributed by atoms with Gasteiger partial charge in [0.25, 0.3) is 5.91 Å². The number of halogens is 1. The summed E-state index contributed by atoms with van der Waals surface area (Å²) in [6, 6.07) is 9.38. The molecule has 1 aromatic rings. The van der Waals surface area contributed by atoms with Crippen molar-refractivity contribution in [2.75, 3.05) is 13.2 Å². The van der Waals surface area contributed by atoms with Crippen molar-refractivity contribution in [3.8, 4) is 6.07 Å². The summed E-state index contributed by atoms with van der Waals surface area (Å²) in [6.45, 7) is 1.01. The Hall–Kier alpha value is -1.38. The summed E-state index contributed by atoms with van der Waals surface area (Å²) in [6.07, 6.45) is 1.05. The van der Waals surface area contributed by atoms with Crippen molar-refractivity contribution in [2.24, 2.45) is 0 Å². The summed E-state index contributed by atoms with van der Waals surface area (Å²) in [4.78, 5) is 12.2. The lowest BCUT2D eigenvalue weighted by atomic mass is 9.91. The quantitative estimate of drug-likeness (QED) is 0.911. The molecule has 0 aromatic heterocycles. The first-order valence-corrected chi connectivity index (χ1v) is 6.52. The Labute approximate surface area is 114 Å². The van der Waals surface area contributed by atoms with Crippen LogP contribution in [0, 0.1) is 11.3 Å². The van der Waals surface area contributed by atoms with Crippen LogP contribution in [0.5, 0.6) is 0 Å². The van der Waals surface area contributed by atoms with Gasteiger partial charge in [-0.2, -0.15) is 5.26 Å². The number of hydrogen-bond donors (Lipinski definition) is 1. The van der Waals surface area contributed by atoms with Gasteiger partial charge in [-0.05, 0) is 28.1 Å². The lowest BCUT2D eigenvalue weighted by Crippen LogP contribution is -2.51. The highest BCUT2D eigenvalue weighted by Crippen LogP contribution is 2.22. The van der Waals surface area contributed by atoms with E-state index in [9.17, 15) is 10.1 Å². The summed E-state index contributed by atoms with van der Waals surface area (Å²) in [5, 5.41) is 12.1. The predicted octanol–water partition coefficient (Wildman–Crippen LogP) is 2.25. The molecular formula is C13H13BrN2O2. The van der Waals surface area contributed by atoms with E-state index in [1.165, 1.54) is 0 Å². The third-order valence-corrected chi connectivity index (χ3v) is 3.72. The van der Waals surface area contributed by atoms with Crippen molar-refractivity contribution in [3.63, 3.8) is 0 Å². The zero-order valence-electron chi connectivity index (χ0n) is 9.78. The van der Waals surface area contributed by atoms with Gasteiger partial charge in [-0.25, -0.2) is 0 Å². The minimum atomic E-state index is -0.801. The smallest absolute Gasteiger partial charge is 0.253 e. The maximum atomic E-state index is 12.2. The van der Waals surface area contributed by atoms with Gasteiger partial charge in [0.2, 0.25) is 0 Å². The Bertz CT molecular complexity index is 490. The highest BCUT2D eigenvalue weighted by molar-refractivity contribution is 9.10. The lowest BCUT2D eigenvalue weighted by Gasteiger charge is -2.31. The molecule has 0 spiro atoms. The Morgan fingerprint density at radius 1 is 1.39 bits per heavy atom. The fraction of sp³-hybridized carbons (Fsp3) is 0.385. The third-order valence-electron chi connectivity index (χ3n) is 3.03. The van der Waals surface area contributed by atoms with Crippen molar-refractivity contribution in [1.82, 2.24) is 5.32 Å². The van der Waals surface area contributed by atoms with Gasteiger partial charge < -0.3 is 10.1 Å². The fourth-order valence-corrected chi connectivity index (χ4v) is 2.38. The first-order chi connectivity index (χ1) is 8.67. The topological polar surface area (TPSA) is 62.1 Å². The Morgan fingerprint density at radius 2 is 2.06 bits per heavy atom. The van der Waals surface area contributed by atoms with E-state index < -0.39 is 5.54 Å². The van der Waals surface area contributed by atoms with Gasteiger partial charge in [0.1, 0.15) is 5.54 Å². The van der Waals surface area contributed by atoms with E-state index in [2.05, 4.69) is 27.3 Å². The van der Waals surface area contributed by atoms with Gasteiger partial charge in [0.15, 0.2) is 0 Å². The molecule has 1 aromatic carbocycles. The molecule has 1 fully saturated rings. The van der Waals surface area contributed by atoms with Crippen molar-refractivity contribution in [1.29, 1.82) is 5.26 Å². The zero-order chi connectivity index (χ0) is 13.0. The van der Waals surface area contributed by atoms with Crippen molar-refractivity contribution in [2.45, 2.75) is 18.4 Å². The second-order valence-corrected chi connectivity index (χ2v) is 5.09. The van der Waals surface area contributed by atoms with Gasteiger partial charge in [0.05, 0.1) is 11.6 Å². The molecule has 1 saturated heterocycles. The molecular weight excluding hydrogens is 296 g/mol. The molecule has 4 nitrogen and oxygen atoms in total. The van der Waals surface area contributed by atoms with Crippen LogP contribution >= 0.6 is 15.9 Å². The molecule has 0 bridgehead atoms. The van der Waals surface area contributed by atoms with Gasteiger partial charge in [-0.3, -0.25) is 4.79 Å². The minimum absolute atomic E-state index is 0.231. The van der Waals surface area contributed by atoms with Crippen molar-refractivity contribution >= 4 is 21.8 Å². The van der Waals surface area contributed by atoms with Crippen molar-refractivity contribution < 1.29 is 9.53 Å². The molecule has 1 amide bonds. The second-order valence-electron chi connectivity index (χ2n) is 4.24. The van der Waals surface area contributed by atoms with Crippen LogP contribution in [0.4, 0.5) is 0 Å². The van der Waals surface area contributed by atoms with Crippen LogP contribution < -0.4 is 5.32 Å². The molecule has 0 radical (unpaired) electrons. The number of nitrogens with zero attached hydrogens (tertiary/aromatic N) is 1. The first-order valence-electron chi connectivity index (χ1n) is 5.73. The molecule has 0 atom stereocenters. The number of amides is 1. The number of ether oxygens (including phenoxy) is 1. The van der Waals surface area contributed by atoms with Gasteiger partial charge in [0, 0.05) is 30.5 Å². The molecule has 1 N–H and O–H groups in total. The molecule has 0 unspecified atom stereocenters. The molecule has 5 heteroatoms. The molecule has 1 aliphatic rings. The fourth-order valence-electron chi connectivity index (χ4n) is 1.91. The first kappa shape index (κ1) is 13.1. The normalized spacial score (nSPS) is 17.8. The van der Waals surface area contributed by atoms with Crippen LogP contribution in [-0.2, 0) is 4.74 Å². The van der Waals surface area contributed by atoms with Crippen molar-refractivity contribution in [3.05, 3.63) is 34.3 Å². The predicted molar refractivity (Wildman–Crippen MR) is 70.0 cm³/mol. The average molecular weight is 309 g/mol. The van der Waals surface area contributed by atoms with E-state index in [0.717, 1.165) is 4.47 Å². The lowest BCUT2D eigenvalue weighted by molar-refractivity contribution is 0.0531. The van der Waals surface area contributed by atoms with Crippen LogP contribution in [0.2, 0.25) is 0 Å². The highest BCUT2D eigenvalue weighted by atomic mass is 79.9. The summed E-state index contributed by atoms with van der Waals surface area (Å²) in [5.74, 6) is -0.231. The van der Waals surface area contributed by atoms with Crippen LogP contribution in [0.3, 0.4) is 0 Å². The van der Waals surface area contributed by atoms with Crippen LogP contribution in [0.25, 0.3) is 0 Å². The number of carbonyl (C=O) groups excluding carboxylic acids is 1. The molecule has 0 saturated carbocycles. The monoisotopic (exact) mass is 308 g/mol. The van der Waals surface area contributed by atoms with E-state index in [4.69, 9.17) is 4.74 Å². The Morgan fingerprint density at radius 3 is 2.67 bits per heavy atom. The Balaban J connectivity index is 2.16. The highest BCUT2D eigenvalue weighted by Gasteiger charge is 2.34. The number of rotatable bonds is 2. The Kier molecular flexibility index (Phi) is 4.00. The van der Waals surface area contributed by atoms with E-state index in [1.54, 1.807) is 18.2 Å². The molecule has 1 heterocycles. The number of hydrogen-bond acceptors (Lipinski definition) is 3. The summed E-state index contributed by atoms with van der Waals surface area (Å²) < 4.78 is 5.95. The molecule has 2 rings (SSSR count). The maximum Gasteiger partial charge on any atom is 0.253 e. The summed E-state index contributed by atoms with van der Waals surface area (Å²) in [7, 11) is 0. The average Bonchev–Trinajstić information content (AvgIpc) is 2.40. The van der Waals surface area contributed by atoms with E-state index in [0.29, 0.717) is 31.6 Å². The van der Waals surface area contributed by atoms with E-state index >= 15 is 0 Å². The number of carbonyl (C=O) groups is 1. The van der Waals surface area contributed by atoms with Crippen LogP contribution in [0.15, 0.2) is 28.7 Å². The van der Waals surface area contributed by atoms with Crippen LogP contribution in [-0.4, -0.2) is 24.7 Å². The maximum absolute atomic E-state index is 12.2. The summed E-state index contributed by atoms with van der Waals surface area (Å²) >= 11 is 3.33. The molecule has 0 aliphatic carbocycles. The molecule has 94 valence electrons. The van der Waals surface area contributed by atoms with Gasteiger partial charge in [-0.15, -0.1) is 0 Å². The van der Waals surface area contributed by atoms with E-state index in [1.807, 2.05) is 6.07 Å². The standard InChI is InChI=1S/C13H13BrN2O2/c14-11-4-2-1-3-10(11)12(17)16-13(9-15)5-7-18-8-6-13/h1-4H,5-8H2,(H,16,17). The molecule has 18 heavy (non-hydrogen) atoms. The largest absolute Gasteiger partial charge is 0.381 e.